The van der Waals surface area contributed by atoms with Gasteiger partial charge >= 0.3 is 0 Å². The van der Waals surface area contributed by atoms with Gasteiger partial charge in [0.05, 0.1) is 17.0 Å². The van der Waals surface area contributed by atoms with Gasteiger partial charge in [0.2, 0.25) is 29.5 Å². The number of nitrogens with one attached hydrogen (secondary N) is 3. The van der Waals surface area contributed by atoms with Gasteiger partial charge in [-0.05, 0) is 149 Å². The summed E-state index contributed by atoms with van der Waals surface area (Å²) in [6.07, 6.45) is 16.0. The number of benzene rings is 2. The fourth-order valence-corrected chi connectivity index (χ4v) is 15.1. The second kappa shape index (κ2) is 20.6. The fraction of sp³-hybridized carbons (Fsp3) is 0.607. The molecule has 3 aromatic rings. The maximum absolute atomic E-state index is 16.4. The number of carbonyl (C=O) groups is 5. The molecule has 7 fully saturated rings. The van der Waals surface area contributed by atoms with Gasteiger partial charge in [0.15, 0.2) is 0 Å². The van der Waals surface area contributed by atoms with Crippen LogP contribution in [0.3, 0.4) is 0 Å². The van der Waals surface area contributed by atoms with Crippen molar-refractivity contribution in [3.63, 3.8) is 0 Å². The molecule has 2 spiro atoms. The molecule has 7 aliphatic heterocycles. The Labute approximate surface area is 432 Å². The maximum atomic E-state index is 16.4. The van der Waals surface area contributed by atoms with E-state index < -0.39 is 28.7 Å². The van der Waals surface area contributed by atoms with Crippen LogP contribution < -0.4 is 20.9 Å². The number of rotatable bonds is 9. The number of fused-ring (bicyclic) bond motifs is 3. The molecule has 13 nitrogen and oxygen atoms in total. The first-order valence-electron chi connectivity index (χ1n) is 27.1. The normalized spacial score (nSPS) is 27.9. The van der Waals surface area contributed by atoms with Crippen LogP contribution >= 0.6 is 23.2 Å². The van der Waals surface area contributed by atoms with Crippen LogP contribution in [0.2, 0.25) is 10.0 Å². The summed E-state index contributed by atoms with van der Waals surface area (Å²) in [5, 5.41) is 9.78. The summed E-state index contributed by atoms with van der Waals surface area (Å²) in [5.41, 5.74) is 0.373. The highest BCUT2D eigenvalue weighted by molar-refractivity contribution is 6.31. The molecule has 72 heavy (non-hydrogen) atoms. The molecule has 5 amide bonds. The number of carbonyl (C=O) groups excluding carboxylic acids is 5. The molecular formula is C56H69Cl2FN8O5. The smallest absolute Gasteiger partial charge is 0.240 e. The minimum Gasteiger partial charge on any atom is -0.357 e. The monoisotopic (exact) mass is 1020 g/mol. The molecule has 16 heteroatoms. The number of amides is 5. The van der Waals surface area contributed by atoms with E-state index in [1.807, 2.05) is 23.1 Å². The average molecular weight is 1020 g/mol. The molecule has 0 bridgehead atoms. The van der Waals surface area contributed by atoms with Gasteiger partial charge in [0.1, 0.15) is 17.1 Å². The number of anilines is 2. The second-order valence-electron chi connectivity index (χ2n) is 22.6. The molecule has 1 saturated carbocycles. The quantitative estimate of drug-likeness (QED) is 0.181. The third-order valence-electron chi connectivity index (χ3n) is 18.6. The van der Waals surface area contributed by atoms with Gasteiger partial charge in [-0.2, -0.15) is 0 Å². The van der Waals surface area contributed by atoms with Crippen molar-refractivity contribution < 1.29 is 28.4 Å². The summed E-state index contributed by atoms with van der Waals surface area (Å²) in [4.78, 5) is 81.5. The first-order chi connectivity index (χ1) is 34.9. The Morgan fingerprint density at radius 2 is 1.42 bits per heavy atom. The van der Waals surface area contributed by atoms with Crippen LogP contribution in [-0.4, -0.2) is 120 Å². The van der Waals surface area contributed by atoms with Gasteiger partial charge < -0.3 is 24.9 Å². The third kappa shape index (κ3) is 9.22. The topological polar surface area (TPSA) is 147 Å². The molecule has 0 radical (unpaired) electrons. The highest BCUT2D eigenvalue weighted by Crippen LogP contribution is 2.63. The van der Waals surface area contributed by atoms with Crippen LogP contribution in [-0.2, 0) is 29.4 Å². The van der Waals surface area contributed by atoms with Crippen LogP contribution in [0.25, 0.3) is 0 Å². The minimum absolute atomic E-state index is 0.0491. The van der Waals surface area contributed by atoms with Gasteiger partial charge in [0.25, 0.3) is 0 Å². The highest BCUT2D eigenvalue weighted by Gasteiger charge is 2.72. The Kier molecular flexibility index (Phi) is 14.2. The second-order valence-corrected chi connectivity index (χ2v) is 23.4. The zero-order chi connectivity index (χ0) is 49.7. The lowest BCUT2D eigenvalue weighted by molar-refractivity contribution is -0.142. The molecule has 384 valence electrons. The van der Waals surface area contributed by atoms with Crippen molar-refractivity contribution in [1.29, 1.82) is 0 Å². The van der Waals surface area contributed by atoms with Crippen molar-refractivity contribution in [3.8, 4) is 0 Å². The summed E-state index contributed by atoms with van der Waals surface area (Å²) in [6, 6.07) is 13.4. The molecule has 4 atom stereocenters. The van der Waals surface area contributed by atoms with Crippen LogP contribution in [0.5, 0.6) is 0 Å². The van der Waals surface area contributed by atoms with Gasteiger partial charge in [-0.15, -0.1) is 0 Å². The van der Waals surface area contributed by atoms with Crippen molar-refractivity contribution in [2.24, 2.45) is 23.7 Å². The minimum atomic E-state index is -1.28. The zero-order valence-electron chi connectivity index (χ0n) is 41.3. The van der Waals surface area contributed by atoms with E-state index >= 15 is 9.18 Å². The van der Waals surface area contributed by atoms with Gasteiger partial charge in [0, 0.05) is 86.5 Å². The van der Waals surface area contributed by atoms with E-state index in [0.29, 0.717) is 74.2 Å². The number of halogens is 3. The van der Waals surface area contributed by atoms with Crippen LogP contribution in [0.15, 0.2) is 54.7 Å². The highest BCUT2D eigenvalue weighted by atomic mass is 35.5. The molecule has 2 aromatic carbocycles. The van der Waals surface area contributed by atoms with E-state index in [4.69, 9.17) is 28.2 Å². The predicted octanol–water partition coefficient (Wildman–Crippen LogP) is 8.19. The molecule has 6 saturated heterocycles. The zero-order valence-corrected chi connectivity index (χ0v) is 42.8. The lowest BCUT2D eigenvalue weighted by Gasteiger charge is -2.47. The molecule has 8 aliphatic rings. The SMILES string of the molecule is O=C1CCC(c2ccc(N3CCC(CN4CCC(CC5CCN(C(=O)C6CCN(C(=O)[C@@H]7NC8(CCCCC8)[C@@]8(C(=O)Nc9cc(Cl)ccc98)C7c7cccc(Cl)c7F)CC6)CC5)CC4)CC3)nc2)C(=O)N1. The first-order valence-corrected chi connectivity index (χ1v) is 27.8. The lowest BCUT2D eigenvalue weighted by atomic mass is 9.55. The Morgan fingerprint density at radius 3 is 2.11 bits per heavy atom. The van der Waals surface area contributed by atoms with E-state index in [2.05, 4.69) is 30.7 Å². The molecule has 2 unspecified atom stereocenters. The van der Waals surface area contributed by atoms with E-state index in [-0.39, 0.29) is 52.0 Å². The number of piperidine rings is 5. The number of pyridine rings is 1. The van der Waals surface area contributed by atoms with Crippen molar-refractivity contribution in [2.45, 2.75) is 132 Å². The standard InChI is InChI=1S/C56H69Cl2FN8O5/c57-40-8-10-43-45(32-40)61-54(72)56(43)48(42-5-4-6-44(58)49(42)59)50(63-55(56)21-2-1-3-22-55)53(71)67-29-19-38(20-30-67)52(70)66-27-15-36(16-28-66)31-35-13-23-64(24-14-35)34-37-17-25-65(26-18-37)46-11-7-39(33-60-46)41-9-12-47(68)62-51(41)69/h4-8,10-11,32-33,35-38,41,48,50,63H,1-3,9,12-31,34H2,(H,61,72)(H,62,68,69)/t41?,48?,50-,56-/m1/s1. The van der Waals surface area contributed by atoms with Crippen molar-refractivity contribution >= 4 is 64.2 Å². The summed E-state index contributed by atoms with van der Waals surface area (Å²) in [7, 11) is 0. The molecular weight excluding hydrogens is 955 g/mol. The summed E-state index contributed by atoms with van der Waals surface area (Å²) >= 11 is 12.9. The van der Waals surface area contributed by atoms with Gasteiger partial charge in [-0.1, -0.05) is 66.7 Å². The molecule has 8 heterocycles. The molecule has 3 N–H and O–H groups in total. The average Bonchev–Trinajstić information content (AvgIpc) is 3.85. The van der Waals surface area contributed by atoms with E-state index in [1.165, 1.54) is 25.3 Å². The van der Waals surface area contributed by atoms with Gasteiger partial charge in [-0.25, -0.2) is 9.37 Å². The number of nitrogens with zero attached hydrogens (tertiary/aromatic N) is 5. The van der Waals surface area contributed by atoms with Gasteiger partial charge in [-0.3, -0.25) is 34.6 Å². The first kappa shape index (κ1) is 49.6. The van der Waals surface area contributed by atoms with E-state index in [9.17, 15) is 19.2 Å². The van der Waals surface area contributed by atoms with Crippen LogP contribution in [0, 0.1) is 29.5 Å². The number of hydrogen-bond donors (Lipinski definition) is 3. The Bertz CT molecular complexity index is 2550. The Hall–Kier alpha value is -4.63. The van der Waals surface area contributed by atoms with Crippen LogP contribution in [0.4, 0.5) is 15.9 Å². The lowest BCUT2D eigenvalue weighted by Crippen LogP contribution is -2.60. The summed E-state index contributed by atoms with van der Waals surface area (Å²) < 4.78 is 16.4. The largest absolute Gasteiger partial charge is 0.357 e. The number of likely N-dealkylation sites (tertiary alicyclic amines) is 3. The van der Waals surface area contributed by atoms with Crippen molar-refractivity contribution in [2.75, 3.05) is 69.1 Å². The van der Waals surface area contributed by atoms with E-state index in [1.54, 1.807) is 30.5 Å². The predicted molar refractivity (Wildman–Crippen MR) is 275 cm³/mol. The van der Waals surface area contributed by atoms with Crippen molar-refractivity contribution in [1.82, 2.24) is 30.3 Å². The Balaban J connectivity index is 0.646. The van der Waals surface area contributed by atoms with E-state index in [0.717, 1.165) is 114 Å². The Morgan fingerprint density at radius 1 is 0.736 bits per heavy atom. The number of imide groups is 1. The summed E-state index contributed by atoms with van der Waals surface area (Å²) in [6.45, 7) is 7.85. The molecule has 1 aliphatic carbocycles. The number of aromatic nitrogens is 1. The maximum Gasteiger partial charge on any atom is 0.240 e. The summed E-state index contributed by atoms with van der Waals surface area (Å²) in [5.74, 6) is 0.422. The number of hydrogen-bond acceptors (Lipinski definition) is 9. The van der Waals surface area contributed by atoms with Crippen molar-refractivity contribution in [3.05, 3.63) is 87.3 Å². The molecule has 1 aromatic heterocycles. The third-order valence-corrected chi connectivity index (χ3v) is 19.1. The molecule has 11 rings (SSSR count). The fourth-order valence-electron chi connectivity index (χ4n) is 14.8. The van der Waals surface area contributed by atoms with Crippen LogP contribution in [0.1, 0.15) is 131 Å².